The summed E-state index contributed by atoms with van der Waals surface area (Å²) in [6.45, 7) is 4.77. The first-order valence-electron chi connectivity index (χ1n) is 2.85. The Morgan fingerprint density at radius 1 is 1.90 bits per heavy atom. The van der Waals surface area contributed by atoms with Crippen molar-refractivity contribution in [1.29, 1.82) is 0 Å². The highest BCUT2D eigenvalue weighted by molar-refractivity contribution is 8.22. The minimum Gasteiger partial charge on any atom is -0.500 e. The molecule has 0 spiro atoms. The van der Waals surface area contributed by atoms with Crippen LogP contribution in [-0.4, -0.2) is 23.7 Å². The van der Waals surface area contributed by atoms with Crippen molar-refractivity contribution in [3.8, 4) is 0 Å². The molecular weight excluding hydrogens is 166 g/mol. The normalized spacial score (nSPS) is 8.50. The number of hydrogen-bond donors (Lipinski definition) is 1. The van der Waals surface area contributed by atoms with E-state index in [0.29, 0.717) is 6.61 Å². The van der Waals surface area contributed by atoms with Crippen LogP contribution in [0.25, 0.3) is 0 Å². The Kier molecular flexibility index (Phi) is 6.74. The van der Waals surface area contributed by atoms with Gasteiger partial charge in [0.05, 0.1) is 12.8 Å². The van der Waals surface area contributed by atoms with Gasteiger partial charge in [0.2, 0.25) is 0 Å². The van der Waals surface area contributed by atoms with Crippen LogP contribution in [0, 0.1) is 0 Å². The van der Waals surface area contributed by atoms with Gasteiger partial charge in [-0.3, -0.25) is 0 Å². The van der Waals surface area contributed by atoms with E-state index in [1.54, 1.807) is 0 Å². The zero-order valence-corrected chi connectivity index (χ0v) is 7.56. The van der Waals surface area contributed by atoms with E-state index in [0.717, 1.165) is 10.9 Å². The lowest BCUT2D eigenvalue weighted by molar-refractivity contribution is 0.256. The largest absolute Gasteiger partial charge is 0.500 e. The molecule has 0 heterocycles. The van der Waals surface area contributed by atoms with E-state index >= 15 is 0 Å². The molecule has 0 saturated carbocycles. The molecule has 0 aromatic rings. The molecule has 0 aromatic heterocycles. The second-order valence-electron chi connectivity index (χ2n) is 1.46. The average Bonchev–Trinajstić information content (AvgIpc) is 1.98. The molecule has 2 nitrogen and oxygen atoms in total. The summed E-state index contributed by atoms with van der Waals surface area (Å²) >= 11 is 6.40. The Bertz CT molecular complexity index is 116. The third-order valence-electron chi connectivity index (χ3n) is 0.792. The van der Waals surface area contributed by atoms with E-state index in [9.17, 15) is 0 Å². The minimum absolute atomic E-state index is 0.615. The van der Waals surface area contributed by atoms with E-state index < -0.39 is 0 Å². The quantitative estimate of drug-likeness (QED) is 0.398. The summed E-state index contributed by atoms with van der Waals surface area (Å²) in [6.07, 6.45) is 3.35. The maximum absolute atomic E-state index is 4.88. The van der Waals surface area contributed by atoms with Crippen LogP contribution in [0.3, 0.4) is 0 Å². The number of rotatable bonds is 4. The van der Waals surface area contributed by atoms with Crippen molar-refractivity contribution in [3.63, 3.8) is 0 Å². The number of hydrogen-bond acceptors (Lipinski definition) is 3. The molecule has 58 valence electrons. The molecule has 0 amide bonds. The van der Waals surface area contributed by atoms with Crippen molar-refractivity contribution in [3.05, 3.63) is 12.8 Å². The summed E-state index contributed by atoms with van der Waals surface area (Å²) in [5.41, 5.74) is 0. The molecule has 0 rings (SSSR count). The smallest absolute Gasteiger partial charge is 0.133 e. The van der Waals surface area contributed by atoms with Gasteiger partial charge in [0.1, 0.15) is 10.9 Å². The molecule has 0 radical (unpaired) electrons. The average molecular weight is 177 g/mol. The second kappa shape index (κ2) is 6.89. The van der Waals surface area contributed by atoms with E-state index in [2.05, 4.69) is 11.9 Å². The molecule has 10 heavy (non-hydrogen) atoms. The Balaban J connectivity index is 3.03. The highest BCUT2D eigenvalue weighted by atomic mass is 32.2. The topological polar surface area (TPSA) is 21.3 Å². The van der Waals surface area contributed by atoms with E-state index in [1.165, 1.54) is 18.0 Å². The molecule has 4 heteroatoms. The number of ether oxygens (including phenoxy) is 1. The SMILES string of the molecule is C=COCCNC(=S)SC. The van der Waals surface area contributed by atoms with Crippen molar-refractivity contribution < 1.29 is 4.74 Å². The predicted molar refractivity (Wildman–Crippen MR) is 50.3 cm³/mol. The van der Waals surface area contributed by atoms with Crippen LogP contribution in [0.2, 0.25) is 0 Å². The van der Waals surface area contributed by atoms with E-state index in [1.807, 2.05) is 6.26 Å². The number of thioether (sulfide) groups is 1. The van der Waals surface area contributed by atoms with Crippen LogP contribution >= 0.6 is 24.0 Å². The standard InChI is InChI=1S/C6H11NOS2/c1-3-8-5-4-7-6(9)10-2/h3H,1,4-5H2,2H3,(H,7,9). The van der Waals surface area contributed by atoms with Crippen LogP contribution in [0.15, 0.2) is 12.8 Å². The lowest BCUT2D eigenvalue weighted by atomic mass is 10.7. The van der Waals surface area contributed by atoms with Gasteiger partial charge in [0, 0.05) is 0 Å². The fraction of sp³-hybridized carbons (Fsp3) is 0.500. The number of thiocarbonyl (C=S) groups is 1. The van der Waals surface area contributed by atoms with Crippen molar-refractivity contribution in [2.24, 2.45) is 0 Å². The Morgan fingerprint density at radius 2 is 2.60 bits per heavy atom. The molecular formula is C6H11NOS2. The zero-order chi connectivity index (χ0) is 7.82. The van der Waals surface area contributed by atoms with Gasteiger partial charge in [0.25, 0.3) is 0 Å². The molecule has 0 saturated heterocycles. The van der Waals surface area contributed by atoms with Gasteiger partial charge in [-0.1, -0.05) is 18.8 Å². The number of nitrogens with one attached hydrogen (secondary N) is 1. The molecule has 0 fully saturated rings. The third-order valence-corrected chi connectivity index (χ3v) is 1.95. The fourth-order valence-corrected chi connectivity index (χ4v) is 0.716. The second-order valence-corrected chi connectivity index (χ2v) is 2.94. The highest BCUT2D eigenvalue weighted by Gasteiger charge is 1.89. The highest BCUT2D eigenvalue weighted by Crippen LogP contribution is 1.92. The fourth-order valence-electron chi connectivity index (χ4n) is 0.368. The Morgan fingerprint density at radius 3 is 3.10 bits per heavy atom. The zero-order valence-electron chi connectivity index (χ0n) is 5.92. The molecule has 0 aliphatic rings. The van der Waals surface area contributed by atoms with Crippen molar-refractivity contribution in [2.75, 3.05) is 19.4 Å². The van der Waals surface area contributed by atoms with Gasteiger partial charge in [-0.15, -0.1) is 11.8 Å². The summed E-state index contributed by atoms with van der Waals surface area (Å²) in [5.74, 6) is 0. The monoisotopic (exact) mass is 177 g/mol. The summed E-state index contributed by atoms with van der Waals surface area (Å²) in [6, 6.07) is 0. The lowest BCUT2D eigenvalue weighted by Gasteiger charge is -2.03. The van der Waals surface area contributed by atoms with Gasteiger partial charge in [0.15, 0.2) is 0 Å². The molecule has 0 aliphatic heterocycles. The first-order chi connectivity index (χ1) is 4.81. The van der Waals surface area contributed by atoms with Crippen LogP contribution in [0.4, 0.5) is 0 Å². The summed E-state index contributed by atoms with van der Waals surface area (Å²) in [5, 5.41) is 2.99. The molecule has 0 unspecified atom stereocenters. The summed E-state index contributed by atoms with van der Waals surface area (Å²) in [7, 11) is 0. The van der Waals surface area contributed by atoms with Gasteiger partial charge in [-0.05, 0) is 6.26 Å². The molecule has 1 N–H and O–H groups in total. The van der Waals surface area contributed by atoms with E-state index in [-0.39, 0.29) is 0 Å². The summed E-state index contributed by atoms with van der Waals surface area (Å²) < 4.78 is 5.66. The van der Waals surface area contributed by atoms with Crippen LogP contribution in [-0.2, 0) is 4.74 Å². The molecule has 0 atom stereocenters. The van der Waals surface area contributed by atoms with Crippen molar-refractivity contribution in [2.45, 2.75) is 0 Å². The first-order valence-corrected chi connectivity index (χ1v) is 4.49. The molecule has 0 aromatic carbocycles. The van der Waals surface area contributed by atoms with Gasteiger partial charge >= 0.3 is 0 Å². The summed E-state index contributed by atoms with van der Waals surface area (Å²) in [4.78, 5) is 0. The van der Waals surface area contributed by atoms with Gasteiger partial charge in [-0.2, -0.15) is 0 Å². The maximum atomic E-state index is 4.88. The third kappa shape index (κ3) is 5.91. The Labute approximate surface area is 71.0 Å². The van der Waals surface area contributed by atoms with Crippen molar-refractivity contribution >= 4 is 28.3 Å². The predicted octanol–water partition coefficient (Wildman–Crippen LogP) is 1.38. The van der Waals surface area contributed by atoms with Crippen LogP contribution < -0.4 is 5.32 Å². The lowest BCUT2D eigenvalue weighted by Crippen LogP contribution is -2.22. The van der Waals surface area contributed by atoms with Gasteiger partial charge < -0.3 is 10.1 Å². The van der Waals surface area contributed by atoms with Crippen molar-refractivity contribution in [1.82, 2.24) is 5.32 Å². The van der Waals surface area contributed by atoms with Gasteiger partial charge in [-0.25, -0.2) is 0 Å². The minimum atomic E-state index is 0.615. The van der Waals surface area contributed by atoms with Crippen LogP contribution in [0.1, 0.15) is 0 Å². The van der Waals surface area contributed by atoms with E-state index in [4.69, 9.17) is 17.0 Å². The molecule has 0 bridgehead atoms. The Hall–Kier alpha value is -0.220. The first kappa shape index (κ1) is 9.78. The molecule has 0 aliphatic carbocycles. The maximum Gasteiger partial charge on any atom is 0.133 e. The van der Waals surface area contributed by atoms with Crippen LogP contribution in [0.5, 0.6) is 0 Å².